The van der Waals surface area contributed by atoms with E-state index in [9.17, 15) is 0 Å². The summed E-state index contributed by atoms with van der Waals surface area (Å²) in [5, 5.41) is 2.77. The number of nitrogens with zero attached hydrogens (tertiary/aromatic N) is 2. The Morgan fingerprint density at radius 3 is 1.76 bits per heavy atom. The molecule has 0 bridgehead atoms. The molecule has 0 aliphatic heterocycles. The number of rotatable bonds is 3. The number of hydrogen-bond acceptors (Lipinski definition) is 0. The average Bonchev–Trinajstić information content (AvgIpc) is 2.76. The fraction of sp³-hybridized carbons (Fsp3) is 0.118. The molecule has 0 atom stereocenters. The van der Waals surface area contributed by atoms with Crippen LogP contribution in [0, 0.1) is 3.70 Å². The minimum absolute atomic E-state index is 0.532. The third kappa shape index (κ3) is 2.90. The minimum atomic E-state index is -0.532. The largest absolute Gasteiger partial charge is 0.244 e. The van der Waals surface area contributed by atoms with Gasteiger partial charge < -0.3 is 0 Å². The fourth-order valence-corrected chi connectivity index (χ4v) is 6.13. The minimum Gasteiger partial charge on any atom is -0.232 e. The van der Waals surface area contributed by atoms with Crippen LogP contribution in [0.2, 0.25) is 0 Å². The summed E-state index contributed by atoms with van der Waals surface area (Å²) < 4.78 is 5.75. The Morgan fingerprint density at radius 2 is 1.38 bits per heavy atom. The highest BCUT2D eigenvalue weighted by Crippen LogP contribution is 2.32. The molecule has 4 heteroatoms. The van der Waals surface area contributed by atoms with Crippen LogP contribution in [-0.4, -0.2) is 4.57 Å². The Labute approximate surface area is 140 Å². The van der Waals surface area contributed by atoms with Gasteiger partial charge in [-0.05, 0) is 10.6 Å². The van der Waals surface area contributed by atoms with E-state index in [1.165, 1.54) is 19.7 Å². The SMILES string of the molecule is Cn1c[n+](C)c(P(c2ccccc2)c2ccccc2)c1I. The van der Waals surface area contributed by atoms with Gasteiger partial charge in [-0.25, -0.2) is 9.13 Å². The van der Waals surface area contributed by atoms with Gasteiger partial charge in [-0.15, -0.1) is 0 Å². The van der Waals surface area contributed by atoms with Gasteiger partial charge >= 0.3 is 0 Å². The van der Waals surface area contributed by atoms with E-state index in [1.54, 1.807) is 0 Å². The van der Waals surface area contributed by atoms with Crippen LogP contribution in [0.4, 0.5) is 0 Å². The van der Waals surface area contributed by atoms with Crippen molar-refractivity contribution in [3.63, 3.8) is 0 Å². The van der Waals surface area contributed by atoms with Crippen LogP contribution in [0.25, 0.3) is 0 Å². The molecule has 21 heavy (non-hydrogen) atoms. The molecule has 1 aromatic heterocycles. The lowest BCUT2D eigenvalue weighted by atomic mass is 10.4. The molecule has 0 aliphatic carbocycles. The van der Waals surface area contributed by atoms with Crippen LogP contribution in [0.1, 0.15) is 0 Å². The van der Waals surface area contributed by atoms with Gasteiger partial charge in [-0.1, -0.05) is 60.7 Å². The monoisotopic (exact) mass is 407 g/mol. The summed E-state index contributed by atoms with van der Waals surface area (Å²) in [6.45, 7) is 0. The molecule has 3 aromatic rings. The predicted molar refractivity (Wildman–Crippen MR) is 98.0 cm³/mol. The number of imidazole rings is 1. The molecule has 2 aromatic carbocycles. The second-order valence-corrected chi connectivity index (χ2v) is 8.11. The van der Waals surface area contributed by atoms with Crippen molar-refractivity contribution in [1.29, 1.82) is 0 Å². The van der Waals surface area contributed by atoms with Crippen LogP contribution < -0.4 is 20.6 Å². The lowest BCUT2D eigenvalue weighted by Gasteiger charge is -2.16. The molecule has 0 unspecified atom stereocenters. The Bertz CT molecular complexity index is 699. The molecule has 0 fully saturated rings. The van der Waals surface area contributed by atoms with Crippen molar-refractivity contribution >= 4 is 46.6 Å². The molecular formula is C17H17IN2P+. The van der Waals surface area contributed by atoms with Gasteiger partial charge in [0.25, 0.3) is 0 Å². The Morgan fingerprint density at radius 1 is 0.905 bits per heavy atom. The molecule has 106 valence electrons. The standard InChI is InChI=1S/C17H17IN2P/c1-19-13-20(2)17(16(19)18)21(14-9-5-3-6-10-14)15-11-7-4-8-12-15/h3-13H,1-2H3/q+1. The first-order valence-corrected chi connectivity index (χ1v) is 9.21. The van der Waals surface area contributed by atoms with Crippen molar-refractivity contribution < 1.29 is 4.57 Å². The van der Waals surface area contributed by atoms with Crippen molar-refractivity contribution in [2.75, 3.05) is 0 Å². The summed E-state index contributed by atoms with van der Waals surface area (Å²) >= 11 is 2.45. The highest BCUT2D eigenvalue weighted by atomic mass is 127. The van der Waals surface area contributed by atoms with Gasteiger partial charge in [-0.2, -0.15) is 0 Å². The van der Waals surface area contributed by atoms with Gasteiger partial charge in [0.05, 0.1) is 14.1 Å². The molecule has 0 saturated carbocycles. The Hall–Kier alpha value is -1.19. The zero-order chi connectivity index (χ0) is 14.8. The Balaban J connectivity index is 2.22. The molecule has 0 aliphatic rings. The molecule has 0 N–H and O–H groups in total. The normalized spacial score (nSPS) is 11.0. The summed E-state index contributed by atoms with van der Waals surface area (Å²) in [4.78, 5) is 0. The summed E-state index contributed by atoms with van der Waals surface area (Å²) in [7, 11) is 3.71. The first-order chi connectivity index (χ1) is 10.2. The summed E-state index contributed by atoms with van der Waals surface area (Å²) in [5.41, 5.74) is 1.39. The van der Waals surface area contributed by atoms with Crippen LogP contribution in [0.3, 0.4) is 0 Å². The van der Waals surface area contributed by atoms with E-state index in [1.807, 2.05) is 0 Å². The number of halogens is 1. The van der Waals surface area contributed by atoms with Crippen molar-refractivity contribution in [3.8, 4) is 0 Å². The van der Waals surface area contributed by atoms with Crippen molar-refractivity contribution in [2.45, 2.75) is 0 Å². The fourth-order valence-electron chi connectivity index (χ4n) is 2.47. The molecule has 3 rings (SSSR count). The molecular weight excluding hydrogens is 390 g/mol. The third-order valence-corrected chi connectivity index (χ3v) is 7.69. The topological polar surface area (TPSA) is 8.81 Å². The van der Waals surface area contributed by atoms with E-state index in [0.29, 0.717) is 0 Å². The first-order valence-electron chi connectivity index (χ1n) is 6.79. The number of hydrogen-bond donors (Lipinski definition) is 0. The first kappa shape index (κ1) is 14.7. The second kappa shape index (κ2) is 6.29. The summed E-state index contributed by atoms with van der Waals surface area (Å²) in [5.74, 6) is 0. The predicted octanol–water partition coefficient (Wildman–Crippen LogP) is 2.21. The van der Waals surface area contributed by atoms with Crippen LogP contribution in [0.5, 0.6) is 0 Å². The zero-order valence-corrected chi connectivity index (χ0v) is 15.1. The molecule has 0 saturated heterocycles. The van der Waals surface area contributed by atoms with E-state index in [2.05, 4.69) is 113 Å². The quantitative estimate of drug-likeness (QED) is 0.358. The smallest absolute Gasteiger partial charge is 0.232 e. The van der Waals surface area contributed by atoms with E-state index >= 15 is 0 Å². The zero-order valence-electron chi connectivity index (χ0n) is 12.1. The molecule has 0 spiro atoms. The molecule has 1 heterocycles. The van der Waals surface area contributed by atoms with Gasteiger partial charge in [0.2, 0.25) is 10.0 Å². The highest BCUT2D eigenvalue weighted by molar-refractivity contribution is 14.1. The van der Waals surface area contributed by atoms with E-state index in [0.717, 1.165) is 0 Å². The number of aromatic nitrogens is 2. The number of aryl methyl sites for hydroxylation is 2. The Kier molecular flexibility index (Phi) is 4.41. The van der Waals surface area contributed by atoms with Gasteiger partial charge in [-0.3, -0.25) is 0 Å². The van der Waals surface area contributed by atoms with Crippen LogP contribution in [0.15, 0.2) is 67.0 Å². The van der Waals surface area contributed by atoms with Crippen molar-refractivity contribution in [2.24, 2.45) is 14.1 Å². The van der Waals surface area contributed by atoms with Crippen LogP contribution in [-0.2, 0) is 14.1 Å². The molecule has 0 radical (unpaired) electrons. The van der Waals surface area contributed by atoms with Gasteiger partial charge in [0.1, 0.15) is 0 Å². The lowest BCUT2D eigenvalue weighted by molar-refractivity contribution is -0.653. The maximum atomic E-state index is 2.45. The maximum absolute atomic E-state index is 2.45. The maximum Gasteiger partial charge on any atom is 0.244 e. The highest BCUT2D eigenvalue weighted by Gasteiger charge is 2.28. The van der Waals surface area contributed by atoms with E-state index in [-0.39, 0.29) is 0 Å². The van der Waals surface area contributed by atoms with E-state index < -0.39 is 7.92 Å². The summed E-state index contributed by atoms with van der Waals surface area (Å²) in [6, 6.07) is 21.6. The van der Waals surface area contributed by atoms with Gasteiger partial charge in [0.15, 0.2) is 5.44 Å². The average molecular weight is 407 g/mol. The molecule has 2 nitrogen and oxygen atoms in total. The van der Waals surface area contributed by atoms with E-state index in [4.69, 9.17) is 0 Å². The summed E-state index contributed by atoms with van der Waals surface area (Å²) in [6.07, 6.45) is 2.15. The lowest BCUT2D eigenvalue weighted by Crippen LogP contribution is -2.45. The second-order valence-electron chi connectivity index (χ2n) is 4.96. The van der Waals surface area contributed by atoms with Gasteiger partial charge in [0, 0.05) is 30.5 Å². The van der Waals surface area contributed by atoms with Crippen molar-refractivity contribution in [1.82, 2.24) is 4.57 Å². The van der Waals surface area contributed by atoms with Crippen molar-refractivity contribution in [3.05, 3.63) is 70.7 Å². The molecule has 0 amide bonds. The van der Waals surface area contributed by atoms with Crippen LogP contribution >= 0.6 is 30.5 Å². The number of benzene rings is 2. The third-order valence-electron chi connectivity index (χ3n) is 3.42.